The second kappa shape index (κ2) is 6.43. The zero-order valence-electron chi connectivity index (χ0n) is 12.5. The van der Waals surface area contributed by atoms with Gasteiger partial charge in [-0.15, -0.1) is 0 Å². The van der Waals surface area contributed by atoms with Crippen molar-refractivity contribution in [3.8, 4) is 11.1 Å². The fourth-order valence-corrected chi connectivity index (χ4v) is 2.56. The molecule has 0 atom stereocenters. The third-order valence-corrected chi connectivity index (χ3v) is 3.58. The standard InChI is InChI=1S/C18H18N2O2/c1-2-11-19-17(21)12-22-20-18-15-9-5-3-7-13(15)14-8-4-6-10-16(14)18/h3-10H,2,11-12H2,1H3,(H,19,21). The van der Waals surface area contributed by atoms with Gasteiger partial charge in [-0.2, -0.15) is 0 Å². The Morgan fingerprint density at radius 2 is 1.55 bits per heavy atom. The molecular weight excluding hydrogens is 276 g/mol. The second-order valence-corrected chi connectivity index (χ2v) is 5.15. The number of oxime groups is 1. The molecule has 0 radical (unpaired) electrons. The summed E-state index contributed by atoms with van der Waals surface area (Å²) in [5.74, 6) is -0.147. The zero-order valence-corrected chi connectivity index (χ0v) is 12.5. The van der Waals surface area contributed by atoms with Crippen LogP contribution in [0.25, 0.3) is 11.1 Å². The van der Waals surface area contributed by atoms with Crippen LogP contribution in [0.4, 0.5) is 0 Å². The maximum atomic E-state index is 11.6. The van der Waals surface area contributed by atoms with E-state index in [1.54, 1.807) is 0 Å². The van der Waals surface area contributed by atoms with Crippen LogP contribution >= 0.6 is 0 Å². The van der Waals surface area contributed by atoms with Crippen LogP contribution < -0.4 is 5.32 Å². The minimum Gasteiger partial charge on any atom is -0.385 e. The molecule has 3 rings (SSSR count). The number of carbonyl (C=O) groups excluding carboxylic acids is 1. The number of carbonyl (C=O) groups is 1. The summed E-state index contributed by atoms with van der Waals surface area (Å²) < 4.78 is 0. The third kappa shape index (κ3) is 2.72. The number of rotatable bonds is 5. The molecule has 1 aliphatic carbocycles. The van der Waals surface area contributed by atoms with Crippen molar-refractivity contribution in [1.82, 2.24) is 5.32 Å². The van der Waals surface area contributed by atoms with Crippen LogP contribution in [0.5, 0.6) is 0 Å². The Morgan fingerprint density at radius 3 is 2.09 bits per heavy atom. The molecule has 0 spiro atoms. The fraction of sp³-hybridized carbons (Fsp3) is 0.222. The summed E-state index contributed by atoms with van der Waals surface area (Å²) >= 11 is 0. The van der Waals surface area contributed by atoms with Crippen molar-refractivity contribution in [3.63, 3.8) is 0 Å². The molecule has 2 aromatic rings. The fourth-order valence-electron chi connectivity index (χ4n) is 2.56. The normalized spacial score (nSPS) is 11.6. The maximum absolute atomic E-state index is 11.6. The number of fused-ring (bicyclic) bond motifs is 3. The highest BCUT2D eigenvalue weighted by Crippen LogP contribution is 2.36. The molecule has 0 saturated heterocycles. The van der Waals surface area contributed by atoms with Gasteiger partial charge in [0.25, 0.3) is 5.91 Å². The highest BCUT2D eigenvalue weighted by Gasteiger charge is 2.24. The van der Waals surface area contributed by atoms with Crippen molar-refractivity contribution in [1.29, 1.82) is 0 Å². The van der Waals surface area contributed by atoms with Gasteiger partial charge < -0.3 is 10.2 Å². The van der Waals surface area contributed by atoms with Crippen LogP contribution in [0.3, 0.4) is 0 Å². The van der Waals surface area contributed by atoms with E-state index >= 15 is 0 Å². The van der Waals surface area contributed by atoms with Gasteiger partial charge in [0, 0.05) is 17.7 Å². The molecule has 0 heterocycles. The van der Waals surface area contributed by atoms with Gasteiger partial charge in [0.15, 0.2) is 6.61 Å². The van der Waals surface area contributed by atoms with E-state index in [2.05, 4.69) is 22.6 Å². The molecular formula is C18H18N2O2. The van der Waals surface area contributed by atoms with Gasteiger partial charge in [0.05, 0.1) is 0 Å². The number of hydrogen-bond acceptors (Lipinski definition) is 3. The van der Waals surface area contributed by atoms with E-state index in [0.29, 0.717) is 6.54 Å². The quantitative estimate of drug-likeness (QED) is 0.736. The Bertz CT molecular complexity index is 675. The molecule has 112 valence electrons. The molecule has 0 aliphatic heterocycles. The Morgan fingerprint density at radius 1 is 1.00 bits per heavy atom. The van der Waals surface area contributed by atoms with Crippen molar-refractivity contribution in [2.45, 2.75) is 13.3 Å². The first kappa shape index (κ1) is 14.3. The number of amides is 1. The summed E-state index contributed by atoms with van der Waals surface area (Å²) in [5, 5.41) is 6.97. The van der Waals surface area contributed by atoms with Gasteiger partial charge in [-0.1, -0.05) is 60.6 Å². The number of nitrogens with zero attached hydrogens (tertiary/aromatic N) is 1. The molecule has 0 fully saturated rings. The summed E-state index contributed by atoms with van der Waals surface area (Å²) in [6.07, 6.45) is 0.904. The topological polar surface area (TPSA) is 50.7 Å². The number of hydrogen-bond donors (Lipinski definition) is 1. The smallest absolute Gasteiger partial charge is 0.260 e. The largest absolute Gasteiger partial charge is 0.385 e. The molecule has 2 aromatic carbocycles. The molecule has 0 saturated carbocycles. The Kier molecular flexibility index (Phi) is 4.19. The summed E-state index contributed by atoms with van der Waals surface area (Å²) in [4.78, 5) is 16.8. The van der Waals surface area contributed by atoms with Crippen LogP contribution in [0.1, 0.15) is 24.5 Å². The van der Waals surface area contributed by atoms with Crippen molar-refractivity contribution in [2.24, 2.45) is 5.16 Å². The summed E-state index contributed by atoms with van der Waals surface area (Å²) in [6, 6.07) is 16.2. The summed E-state index contributed by atoms with van der Waals surface area (Å²) in [6.45, 7) is 2.60. The minimum absolute atomic E-state index is 0.0617. The molecule has 0 aromatic heterocycles. The lowest BCUT2D eigenvalue weighted by atomic mass is 10.1. The van der Waals surface area contributed by atoms with Crippen molar-refractivity contribution < 1.29 is 9.63 Å². The van der Waals surface area contributed by atoms with Crippen molar-refractivity contribution in [2.75, 3.05) is 13.2 Å². The third-order valence-electron chi connectivity index (χ3n) is 3.58. The predicted molar refractivity (Wildman–Crippen MR) is 86.8 cm³/mol. The van der Waals surface area contributed by atoms with Gasteiger partial charge in [0.1, 0.15) is 5.71 Å². The van der Waals surface area contributed by atoms with Crippen LogP contribution in [-0.2, 0) is 9.63 Å². The van der Waals surface area contributed by atoms with Crippen LogP contribution in [-0.4, -0.2) is 24.8 Å². The molecule has 22 heavy (non-hydrogen) atoms. The first-order valence-corrected chi connectivity index (χ1v) is 7.47. The molecule has 1 aliphatic rings. The van der Waals surface area contributed by atoms with Gasteiger partial charge in [-0.05, 0) is 17.5 Å². The van der Waals surface area contributed by atoms with Crippen LogP contribution in [0.2, 0.25) is 0 Å². The van der Waals surface area contributed by atoms with Crippen molar-refractivity contribution >= 4 is 11.6 Å². The highest BCUT2D eigenvalue weighted by atomic mass is 16.6. The molecule has 0 bridgehead atoms. The lowest BCUT2D eigenvalue weighted by Crippen LogP contribution is -2.27. The zero-order chi connectivity index (χ0) is 15.4. The van der Waals surface area contributed by atoms with E-state index in [-0.39, 0.29) is 12.5 Å². The molecule has 0 unspecified atom stereocenters. The van der Waals surface area contributed by atoms with Gasteiger partial charge >= 0.3 is 0 Å². The average Bonchev–Trinajstić information content (AvgIpc) is 2.88. The Balaban J connectivity index is 1.81. The lowest BCUT2D eigenvalue weighted by molar-refractivity contribution is -0.125. The molecule has 1 amide bonds. The second-order valence-electron chi connectivity index (χ2n) is 5.15. The van der Waals surface area contributed by atoms with E-state index in [9.17, 15) is 4.79 Å². The highest BCUT2D eigenvalue weighted by molar-refractivity contribution is 6.24. The van der Waals surface area contributed by atoms with E-state index < -0.39 is 0 Å². The first-order chi connectivity index (χ1) is 10.8. The van der Waals surface area contributed by atoms with Gasteiger partial charge in [-0.25, -0.2) is 0 Å². The Labute approximate surface area is 129 Å². The lowest BCUT2D eigenvalue weighted by Gasteiger charge is -2.04. The maximum Gasteiger partial charge on any atom is 0.260 e. The monoisotopic (exact) mass is 294 g/mol. The number of benzene rings is 2. The summed E-state index contributed by atoms with van der Waals surface area (Å²) in [5.41, 5.74) is 5.16. The predicted octanol–water partition coefficient (Wildman–Crippen LogP) is 2.96. The SMILES string of the molecule is CCCNC(=O)CON=C1c2ccccc2-c2ccccc21. The number of nitrogens with one attached hydrogen (secondary N) is 1. The van der Waals surface area contributed by atoms with E-state index in [0.717, 1.165) is 34.4 Å². The molecule has 4 nitrogen and oxygen atoms in total. The van der Waals surface area contributed by atoms with Crippen LogP contribution in [0.15, 0.2) is 53.7 Å². The Hall–Kier alpha value is -2.62. The van der Waals surface area contributed by atoms with E-state index in [1.165, 1.54) is 0 Å². The van der Waals surface area contributed by atoms with Crippen LogP contribution in [0, 0.1) is 0 Å². The van der Waals surface area contributed by atoms with Crippen molar-refractivity contribution in [3.05, 3.63) is 59.7 Å². The molecule has 4 heteroatoms. The van der Waals surface area contributed by atoms with Gasteiger partial charge in [0.2, 0.25) is 0 Å². The minimum atomic E-state index is -0.147. The average molecular weight is 294 g/mol. The van der Waals surface area contributed by atoms with E-state index in [1.807, 2.05) is 43.3 Å². The molecule has 1 N–H and O–H groups in total. The van der Waals surface area contributed by atoms with Gasteiger partial charge in [-0.3, -0.25) is 4.79 Å². The van der Waals surface area contributed by atoms with E-state index in [4.69, 9.17) is 4.84 Å². The first-order valence-electron chi connectivity index (χ1n) is 7.47. The summed E-state index contributed by atoms with van der Waals surface area (Å²) in [7, 11) is 0.